The average molecular weight is 267 g/mol. The van der Waals surface area contributed by atoms with Gasteiger partial charge in [-0.05, 0) is 45.9 Å². The van der Waals surface area contributed by atoms with Gasteiger partial charge < -0.3 is 9.73 Å². The van der Waals surface area contributed by atoms with E-state index in [0.29, 0.717) is 10.8 Å². The van der Waals surface area contributed by atoms with Crippen LogP contribution in [-0.2, 0) is 0 Å². The van der Waals surface area contributed by atoms with Gasteiger partial charge in [-0.2, -0.15) is 11.8 Å². The van der Waals surface area contributed by atoms with Gasteiger partial charge in [0, 0.05) is 22.9 Å². The molecule has 0 spiro atoms. The summed E-state index contributed by atoms with van der Waals surface area (Å²) in [5.41, 5.74) is 1.31. The molecule has 0 aliphatic heterocycles. The third-order valence-corrected chi connectivity index (χ3v) is 5.64. The Kier molecular flexibility index (Phi) is 4.44. The van der Waals surface area contributed by atoms with E-state index in [1.54, 1.807) is 0 Å². The van der Waals surface area contributed by atoms with Crippen LogP contribution in [0.5, 0.6) is 0 Å². The molecule has 1 aliphatic rings. The van der Waals surface area contributed by atoms with E-state index in [4.69, 9.17) is 4.42 Å². The fraction of sp³-hybridized carbons (Fsp3) is 0.733. The lowest BCUT2D eigenvalue weighted by molar-refractivity contribution is 0.468. The van der Waals surface area contributed by atoms with Gasteiger partial charge in [-0.15, -0.1) is 0 Å². The van der Waals surface area contributed by atoms with Gasteiger partial charge in [-0.1, -0.05) is 12.8 Å². The second-order valence-corrected chi connectivity index (χ2v) is 6.84. The first-order valence-corrected chi connectivity index (χ1v) is 8.14. The first kappa shape index (κ1) is 14.0. The number of rotatable bonds is 5. The molecule has 1 aromatic rings. The predicted molar refractivity (Wildman–Crippen MR) is 79.3 cm³/mol. The van der Waals surface area contributed by atoms with Crippen LogP contribution in [0.15, 0.2) is 10.5 Å². The first-order chi connectivity index (χ1) is 8.56. The second kappa shape index (κ2) is 5.70. The van der Waals surface area contributed by atoms with Crippen LogP contribution in [0.2, 0.25) is 0 Å². The third-order valence-electron chi connectivity index (χ3n) is 4.22. The fourth-order valence-corrected chi connectivity index (χ4v) is 3.93. The molecule has 0 aromatic carbocycles. The molecule has 2 rings (SSSR count). The van der Waals surface area contributed by atoms with Gasteiger partial charge >= 0.3 is 0 Å². The largest absolute Gasteiger partial charge is 0.466 e. The Balaban J connectivity index is 1.95. The summed E-state index contributed by atoms with van der Waals surface area (Å²) in [7, 11) is 0. The van der Waals surface area contributed by atoms with E-state index >= 15 is 0 Å². The Labute approximate surface area is 115 Å². The van der Waals surface area contributed by atoms with Crippen molar-refractivity contribution in [3.63, 3.8) is 0 Å². The van der Waals surface area contributed by atoms with Crippen LogP contribution < -0.4 is 5.32 Å². The molecule has 2 nitrogen and oxygen atoms in total. The Morgan fingerprint density at radius 1 is 1.39 bits per heavy atom. The van der Waals surface area contributed by atoms with Crippen LogP contribution in [0.1, 0.15) is 55.7 Å². The SMILES string of the molecule is CSC1(CNC(C)c2cc(C)oc2C)CCCC1. The van der Waals surface area contributed by atoms with Gasteiger partial charge in [0.1, 0.15) is 11.5 Å². The number of hydrogen-bond acceptors (Lipinski definition) is 3. The van der Waals surface area contributed by atoms with Gasteiger partial charge in [0.25, 0.3) is 0 Å². The molecule has 0 bridgehead atoms. The molecule has 102 valence electrons. The minimum absolute atomic E-state index is 0.382. The van der Waals surface area contributed by atoms with Gasteiger partial charge in [-0.25, -0.2) is 0 Å². The summed E-state index contributed by atoms with van der Waals surface area (Å²) >= 11 is 2.04. The molecule has 0 amide bonds. The molecule has 0 saturated heterocycles. The number of aryl methyl sites for hydroxylation is 2. The lowest BCUT2D eigenvalue weighted by Gasteiger charge is -2.29. The highest BCUT2D eigenvalue weighted by Crippen LogP contribution is 2.40. The normalized spacial score (nSPS) is 20.2. The summed E-state index contributed by atoms with van der Waals surface area (Å²) in [6, 6.07) is 2.54. The van der Waals surface area contributed by atoms with Crippen molar-refractivity contribution in [2.24, 2.45) is 0 Å². The highest BCUT2D eigenvalue weighted by Gasteiger charge is 2.33. The average Bonchev–Trinajstić information content (AvgIpc) is 2.94. The van der Waals surface area contributed by atoms with Gasteiger partial charge in [0.05, 0.1) is 0 Å². The molecule has 1 aromatic heterocycles. The molecule has 1 aliphatic carbocycles. The van der Waals surface area contributed by atoms with Crippen LogP contribution >= 0.6 is 11.8 Å². The molecular formula is C15H25NOS. The maximum absolute atomic E-state index is 5.61. The third kappa shape index (κ3) is 2.94. The van der Waals surface area contributed by atoms with Gasteiger partial charge in [-0.3, -0.25) is 0 Å². The van der Waals surface area contributed by atoms with E-state index in [1.807, 2.05) is 18.7 Å². The topological polar surface area (TPSA) is 25.2 Å². The molecular weight excluding hydrogens is 242 g/mol. The molecule has 1 saturated carbocycles. The van der Waals surface area contributed by atoms with Crippen LogP contribution in [-0.4, -0.2) is 17.5 Å². The number of furan rings is 1. The summed E-state index contributed by atoms with van der Waals surface area (Å²) < 4.78 is 6.09. The van der Waals surface area contributed by atoms with Crippen LogP contribution in [0, 0.1) is 13.8 Å². The van der Waals surface area contributed by atoms with Crippen molar-refractivity contribution in [3.05, 3.63) is 23.2 Å². The summed E-state index contributed by atoms with van der Waals surface area (Å²) in [4.78, 5) is 0. The smallest absolute Gasteiger partial charge is 0.105 e. The van der Waals surface area contributed by atoms with Crippen molar-refractivity contribution >= 4 is 11.8 Å². The standard InChI is InChI=1S/C15H25NOS/c1-11-9-14(13(3)17-11)12(2)16-10-15(18-4)7-5-6-8-15/h9,12,16H,5-8,10H2,1-4H3. The molecule has 1 N–H and O–H groups in total. The zero-order valence-electron chi connectivity index (χ0n) is 12.0. The Hall–Kier alpha value is -0.410. The summed E-state index contributed by atoms with van der Waals surface area (Å²) in [6.07, 6.45) is 7.75. The number of thioether (sulfide) groups is 1. The number of hydrogen-bond donors (Lipinski definition) is 1. The van der Waals surface area contributed by atoms with Crippen molar-refractivity contribution in [2.75, 3.05) is 12.8 Å². The van der Waals surface area contributed by atoms with Gasteiger partial charge in [0.15, 0.2) is 0 Å². The quantitative estimate of drug-likeness (QED) is 0.864. The van der Waals surface area contributed by atoms with E-state index in [9.17, 15) is 0 Å². The summed E-state index contributed by atoms with van der Waals surface area (Å²) in [5, 5.41) is 3.71. The molecule has 0 radical (unpaired) electrons. The predicted octanol–water partition coefficient (Wildman–Crippen LogP) is 4.22. The van der Waals surface area contributed by atoms with E-state index < -0.39 is 0 Å². The van der Waals surface area contributed by atoms with Crippen molar-refractivity contribution in [1.29, 1.82) is 0 Å². The second-order valence-electron chi connectivity index (χ2n) is 5.57. The monoisotopic (exact) mass is 267 g/mol. The molecule has 1 heterocycles. The van der Waals surface area contributed by atoms with Gasteiger partial charge in [0.2, 0.25) is 0 Å². The van der Waals surface area contributed by atoms with Crippen LogP contribution in [0.4, 0.5) is 0 Å². The van der Waals surface area contributed by atoms with Crippen molar-refractivity contribution in [1.82, 2.24) is 5.32 Å². The molecule has 18 heavy (non-hydrogen) atoms. The first-order valence-electron chi connectivity index (χ1n) is 6.92. The maximum atomic E-state index is 5.61. The van der Waals surface area contributed by atoms with Crippen molar-refractivity contribution < 1.29 is 4.42 Å². The minimum atomic E-state index is 0.382. The van der Waals surface area contributed by atoms with Crippen molar-refractivity contribution in [2.45, 2.75) is 57.2 Å². The molecule has 1 fully saturated rings. The maximum Gasteiger partial charge on any atom is 0.105 e. The summed E-state index contributed by atoms with van der Waals surface area (Å²) in [5.74, 6) is 2.06. The highest BCUT2D eigenvalue weighted by molar-refractivity contribution is 8.00. The number of nitrogens with one attached hydrogen (secondary N) is 1. The zero-order valence-corrected chi connectivity index (χ0v) is 12.8. The highest BCUT2D eigenvalue weighted by atomic mass is 32.2. The van der Waals surface area contributed by atoms with E-state index in [2.05, 4.69) is 31.5 Å². The lowest BCUT2D eigenvalue weighted by atomic mass is 10.0. The Bertz CT molecular complexity index is 393. The Morgan fingerprint density at radius 3 is 2.56 bits per heavy atom. The summed E-state index contributed by atoms with van der Waals surface area (Å²) in [6.45, 7) is 7.42. The minimum Gasteiger partial charge on any atom is -0.466 e. The van der Waals surface area contributed by atoms with Crippen LogP contribution in [0.25, 0.3) is 0 Å². The zero-order chi connectivity index (χ0) is 13.2. The lowest BCUT2D eigenvalue weighted by Crippen LogP contribution is -2.36. The fourth-order valence-electron chi connectivity index (χ4n) is 3.00. The van der Waals surface area contributed by atoms with E-state index in [-0.39, 0.29) is 0 Å². The van der Waals surface area contributed by atoms with E-state index in [0.717, 1.165) is 18.1 Å². The van der Waals surface area contributed by atoms with Crippen LogP contribution in [0.3, 0.4) is 0 Å². The van der Waals surface area contributed by atoms with E-state index in [1.165, 1.54) is 31.2 Å². The Morgan fingerprint density at radius 2 is 2.06 bits per heavy atom. The van der Waals surface area contributed by atoms with Crippen molar-refractivity contribution in [3.8, 4) is 0 Å². The molecule has 1 unspecified atom stereocenters. The molecule has 3 heteroatoms. The molecule has 1 atom stereocenters.